The van der Waals surface area contributed by atoms with Gasteiger partial charge in [0.05, 0.1) is 18.2 Å². The second kappa shape index (κ2) is 9.33. The maximum absolute atomic E-state index is 6.13. The SMILES string of the molecule is CCOC1CC(NC(C)S)C(OC(C)C)OC1NC(C)C. The van der Waals surface area contributed by atoms with Crippen LogP contribution in [0.1, 0.15) is 48.0 Å². The smallest absolute Gasteiger partial charge is 0.175 e. The quantitative estimate of drug-likeness (QED) is 0.472. The molecule has 0 saturated carbocycles. The molecule has 6 heteroatoms. The van der Waals surface area contributed by atoms with Crippen LogP contribution in [0.15, 0.2) is 0 Å². The van der Waals surface area contributed by atoms with Gasteiger partial charge in [0.1, 0.15) is 6.23 Å². The second-order valence-electron chi connectivity index (χ2n) is 6.11. The fourth-order valence-corrected chi connectivity index (χ4v) is 2.70. The van der Waals surface area contributed by atoms with Crippen molar-refractivity contribution < 1.29 is 14.2 Å². The molecule has 5 nitrogen and oxygen atoms in total. The molecule has 2 N–H and O–H groups in total. The van der Waals surface area contributed by atoms with Crippen LogP contribution < -0.4 is 10.6 Å². The Balaban J connectivity index is 2.78. The molecule has 21 heavy (non-hydrogen) atoms. The summed E-state index contributed by atoms with van der Waals surface area (Å²) in [5.41, 5.74) is 0. The summed E-state index contributed by atoms with van der Waals surface area (Å²) < 4.78 is 17.9. The lowest BCUT2D eigenvalue weighted by atomic mass is 10.0. The van der Waals surface area contributed by atoms with Crippen LogP contribution in [0, 0.1) is 0 Å². The molecule has 1 fully saturated rings. The van der Waals surface area contributed by atoms with Crippen molar-refractivity contribution in [1.82, 2.24) is 10.6 Å². The molecule has 0 aromatic carbocycles. The van der Waals surface area contributed by atoms with Gasteiger partial charge in [-0.1, -0.05) is 0 Å². The highest BCUT2D eigenvalue weighted by Gasteiger charge is 2.40. The van der Waals surface area contributed by atoms with E-state index in [1.807, 2.05) is 27.7 Å². The molecule has 1 aliphatic rings. The van der Waals surface area contributed by atoms with Crippen LogP contribution in [0.4, 0.5) is 0 Å². The lowest BCUT2D eigenvalue weighted by molar-refractivity contribution is -0.261. The van der Waals surface area contributed by atoms with Gasteiger partial charge >= 0.3 is 0 Å². The lowest BCUT2D eigenvalue weighted by Gasteiger charge is -2.43. The normalized spacial score (nSPS) is 31.9. The van der Waals surface area contributed by atoms with Crippen LogP contribution in [-0.4, -0.2) is 48.8 Å². The van der Waals surface area contributed by atoms with Crippen molar-refractivity contribution >= 4 is 12.6 Å². The number of rotatable bonds is 8. The molecule has 0 bridgehead atoms. The number of nitrogens with one attached hydrogen (secondary N) is 2. The van der Waals surface area contributed by atoms with E-state index in [0.717, 1.165) is 6.42 Å². The van der Waals surface area contributed by atoms with Crippen LogP contribution in [0.3, 0.4) is 0 Å². The minimum Gasteiger partial charge on any atom is -0.374 e. The largest absolute Gasteiger partial charge is 0.374 e. The van der Waals surface area contributed by atoms with Crippen molar-refractivity contribution in [3.63, 3.8) is 0 Å². The first kappa shape index (κ1) is 19.2. The average molecular weight is 320 g/mol. The number of thiol groups is 1. The van der Waals surface area contributed by atoms with Gasteiger partial charge in [-0.05, 0) is 48.0 Å². The Morgan fingerprint density at radius 3 is 2.33 bits per heavy atom. The molecule has 1 heterocycles. The van der Waals surface area contributed by atoms with E-state index < -0.39 is 0 Å². The Bertz CT molecular complexity index is 290. The molecule has 1 rings (SSSR count). The van der Waals surface area contributed by atoms with Crippen LogP contribution >= 0.6 is 12.6 Å². The summed E-state index contributed by atoms with van der Waals surface area (Å²) in [6, 6.07) is 0.396. The van der Waals surface area contributed by atoms with Gasteiger partial charge < -0.3 is 14.2 Å². The van der Waals surface area contributed by atoms with E-state index in [-0.39, 0.29) is 36.1 Å². The maximum Gasteiger partial charge on any atom is 0.175 e. The topological polar surface area (TPSA) is 51.8 Å². The third kappa shape index (κ3) is 6.84. The molecule has 0 radical (unpaired) electrons. The van der Waals surface area contributed by atoms with E-state index in [1.54, 1.807) is 0 Å². The van der Waals surface area contributed by atoms with Gasteiger partial charge in [-0.3, -0.25) is 10.6 Å². The number of ether oxygens (including phenoxy) is 3. The molecule has 5 atom stereocenters. The number of hydrogen-bond donors (Lipinski definition) is 3. The van der Waals surface area contributed by atoms with Crippen LogP contribution in [0.25, 0.3) is 0 Å². The van der Waals surface area contributed by atoms with E-state index in [2.05, 4.69) is 37.1 Å². The summed E-state index contributed by atoms with van der Waals surface area (Å²) in [6.07, 6.45) is 0.502. The molecule has 0 aromatic rings. The molecular weight excluding hydrogens is 288 g/mol. The molecule has 1 saturated heterocycles. The van der Waals surface area contributed by atoms with Crippen LogP contribution in [0.2, 0.25) is 0 Å². The molecule has 126 valence electrons. The predicted molar refractivity (Wildman–Crippen MR) is 88.6 cm³/mol. The lowest BCUT2D eigenvalue weighted by Crippen LogP contribution is -2.60. The van der Waals surface area contributed by atoms with Gasteiger partial charge in [0, 0.05) is 18.0 Å². The molecule has 0 aliphatic carbocycles. The van der Waals surface area contributed by atoms with Crippen molar-refractivity contribution in [1.29, 1.82) is 0 Å². The molecule has 1 aliphatic heterocycles. The Hall–Kier alpha value is 0.150. The van der Waals surface area contributed by atoms with Gasteiger partial charge in [-0.2, -0.15) is 12.6 Å². The first-order chi connectivity index (χ1) is 9.83. The summed E-state index contributed by atoms with van der Waals surface area (Å²) in [7, 11) is 0. The minimum absolute atomic E-state index is 0.00833. The molecular formula is C15H32N2O3S. The van der Waals surface area contributed by atoms with Crippen molar-refractivity contribution in [2.75, 3.05) is 6.61 Å². The zero-order chi connectivity index (χ0) is 16.0. The Labute approximate surface area is 134 Å². The van der Waals surface area contributed by atoms with Gasteiger partial charge in [0.15, 0.2) is 6.29 Å². The average Bonchev–Trinajstić information content (AvgIpc) is 2.32. The van der Waals surface area contributed by atoms with Crippen LogP contribution in [-0.2, 0) is 14.2 Å². The van der Waals surface area contributed by atoms with E-state index in [1.165, 1.54) is 0 Å². The van der Waals surface area contributed by atoms with E-state index >= 15 is 0 Å². The summed E-state index contributed by atoms with van der Waals surface area (Å²) in [4.78, 5) is 0. The van der Waals surface area contributed by atoms with Gasteiger partial charge in [0.2, 0.25) is 0 Å². The third-order valence-corrected chi connectivity index (χ3v) is 3.32. The minimum atomic E-state index is -0.299. The predicted octanol–water partition coefficient (Wildman–Crippen LogP) is 2.12. The van der Waals surface area contributed by atoms with E-state index in [9.17, 15) is 0 Å². The first-order valence-corrected chi connectivity index (χ1v) is 8.47. The fourth-order valence-electron chi connectivity index (χ4n) is 2.51. The summed E-state index contributed by atoms with van der Waals surface area (Å²) >= 11 is 4.42. The highest BCUT2D eigenvalue weighted by Crippen LogP contribution is 2.24. The zero-order valence-electron chi connectivity index (χ0n) is 14.1. The van der Waals surface area contributed by atoms with Crippen LogP contribution in [0.5, 0.6) is 0 Å². The van der Waals surface area contributed by atoms with Crippen molar-refractivity contribution in [3.8, 4) is 0 Å². The standard InChI is InChI=1S/C15H32N2O3S/c1-7-18-13-8-12(17-11(6)21)15(19-10(4)5)20-14(13)16-9(2)3/h9-17,21H,7-8H2,1-6H3. The highest BCUT2D eigenvalue weighted by atomic mass is 32.1. The van der Waals surface area contributed by atoms with Crippen molar-refractivity contribution in [2.45, 2.75) is 90.1 Å². The zero-order valence-corrected chi connectivity index (χ0v) is 15.0. The van der Waals surface area contributed by atoms with Crippen molar-refractivity contribution in [3.05, 3.63) is 0 Å². The molecule has 0 amide bonds. The van der Waals surface area contributed by atoms with Gasteiger partial charge in [-0.15, -0.1) is 0 Å². The maximum atomic E-state index is 6.13. The van der Waals surface area contributed by atoms with Gasteiger partial charge in [0.25, 0.3) is 0 Å². The summed E-state index contributed by atoms with van der Waals surface area (Å²) in [5, 5.41) is 6.90. The summed E-state index contributed by atoms with van der Waals surface area (Å²) in [6.45, 7) is 12.9. The second-order valence-corrected chi connectivity index (χ2v) is 6.88. The Morgan fingerprint density at radius 2 is 1.86 bits per heavy atom. The molecule has 5 unspecified atom stereocenters. The Kier molecular flexibility index (Phi) is 8.52. The van der Waals surface area contributed by atoms with E-state index in [4.69, 9.17) is 14.2 Å². The first-order valence-electron chi connectivity index (χ1n) is 7.96. The highest BCUT2D eigenvalue weighted by molar-refractivity contribution is 7.80. The monoisotopic (exact) mass is 320 g/mol. The van der Waals surface area contributed by atoms with Gasteiger partial charge in [-0.25, -0.2) is 0 Å². The molecule has 0 spiro atoms. The summed E-state index contributed by atoms with van der Waals surface area (Å²) in [5.74, 6) is 0. The van der Waals surface area contributed by atoms with Crippen molar-refractivity contribution in [2.24, 2.45) is 0 Å². The number of hydrogen-bond acceptors (Lipinski definition) is 6. The molecule has 0 aromatic heterocycles. The van der Waals surface area contributed by atoms with E-state index in [0.29, 0.717) is 12.6 Å². The Morgan fingerprint density at radius 1 is 1.19 bits per heavy atom. The fraction of sp³-hybridized carbons (Fsp3) is 1.00. The third-order valence-electron chi connectivity index (χ3n) is 3.17.